The molecule has 4 aliphatic heterocycles. The first kappa shape index (κ1) is 35.3. The van der Waals surface area contributed by atoms with Crippen LogP contribution < -0.4 is 9.80 Å². The van der Waals surface area contributed by atoms with Crippen LogP contribution >= 0.6 is 11.6 Å². The average Bonchev–Trinajstić information content (AvgIpc) is 3.49. The molecule has 1 unspecified atom stereocenters. The van der Waals surface area contributed by atoms with Crippen LogP contribution in [0.3, 0.4) is 0 Å². The SMILES string of the molecule is CC(=O)OC1CC(=O)N1c1cccc(CN2C(=O)[C@]3(O[C@H](CC(=O)N4Cc5ccccc5C[C@H]4CO)[C@@H]([Si](C)(C)O)[C@@H]3C)c3cc(Cl)ccc32)c1. The number of aliphatic hydroxyl groups excluding tert-OH is 1. The number of esters is 1. The van der Waals surface area contributed by atoms with Gasteiger partial charge in [0.25, 0.3) is 5.91 Å². The summed E-state index contributed by atoms with van der Waals surface area (Å²) >= 11 is 6.57. The zero-order chi connectivity index (χ0) is 36.4. The van der Waals surface area contributed by atoms with Crippen molar-refractivity contribution in [2.75, 3.05) is 16.4 Å². The van der Waals surface area contributed by atoms with Gasteiger partial charge in [0, 0.05) is 41.2 Å². The zero-order valence-electron chi connectivity index (χ0n) is 29.0. The van der Waals surface area contributed by atoms with E-state index in [-0.39, 0.29) is 43.7 Å². The second-order valence-corrected chi connectivity index (χ2v) is 19.1. The van der Waals surface area contributed by atoms with Crippen molar-refractivity contribution in [1.29, 1.82) is 0 Å². The number of β-lactam (4-membered cyclic amide) rings is 1. The number of ether oxygens (including phenoxy) is 2. The predicted octanol–water partition coefficient (Wildman–Crippen LogP) is 4.65. The normalized spacial score (nSPS) is 27.0. The van der Waals surface area contributed by atoms with Gasteiger partial charge in [-0.1, -0.05) is 54.9 Å². The first-order valence-corrected chi connectivity index (χ1v) is 20.7. The lowest BCUT2D eigenvalue weighted by atomic mass is 9.82. The fourth-order valence-corrected chi connectivity index (χ4v) is 11.4. The number of rotatable bonds is 8. The molecule has 2 saturated heterocycles. The number of carbonyl (C=O) groups excluding carboxylic acids is 4. The smallest absolute Gasteiger partial charge is 0.304 e. The summed E-state index contributed by atoms with van der Waals surface area (Å²) < 4.78 is 12.2. The highest BCUT2D eigenvalue weighted by molar-refractivity contribution is 6.71. The van der Waals surface area contributed by atoms with E-state index in [0.717, 1.165) is 16.7 Å². The highest BCUT2D eigenvalue weighted by Gasteiger charge is 2.66. The van der Waals surface area contributed by atoms with E-state index in [2.05, 4.69) is 0 Å². The molecule has 1 spiro atoms. The third-order valence-corrected chi connectivity index (χ3v) is 13.7. The van der Waals surface area contributed by atoms with Crippen LogP contribution in [0.5, 0.6) is 0 Å². The summed E-state index contributed by atoms with van der Waals surface area (Å²) in [6.45, 7) is 7.13. The molecule has 268 valence electrons. The monoisotopic (exact) mass is 731 g/mol. The van der Waals surface area contributed by atoms with Gasteiger partial charge in [0.05, 0.1) is 43.8 Å². The number of nitrogens with zero attached hydrogens (tertiary/aromatic N) is 3. The molecule has 0 saturated carbocycles. The van der Waals surface area contributed by atoms with Crippen LogP contribution in [0.25, 0.3) is 0 Å². The van der Waals surface area contributed by atoms with E-state index in [1.807, 2.05) is 50.3 Å². The number of carbonyl (C=O) groups is 4. The van der Waals surface area contributed by atoms with Gasteiger partial charge >= 0.3 is 5.97 Å². The van der Waals surface area contributed by atoms with Crippen LogP contribution in [0, 0.1) is 5.92 Å². The second kappa shape index (κ2) is 13.2. The summed E-state index contributed by atoms with van der Waals surface area (Å²) in [6.07, 6.45) is -0.894. The van der Waals surface area contributed by atoms with Gasteiger partial charge in [-0.15, -0.1) is 0 Å². The van der Waals surface area contributed by atoms with Gasteiger partial charge in [0.15, 0.2) is 20.1 Å². The predicted molar refractivity (Wildman–Crippen MR) is 192 cm³/mol. The van der Waals surface area contributed by atoms with Crippen molar-refractivity contribution in [2.24, 2.45) is 5.92 Å². The van der Waals surface area contributed by atoms with Crippen LogP contribution in [0.2, 0.25) is 23.7 Å². The van der Waals surface area contributed by atoms with Gasteiger partial charge < -0.3 is 29.2 Å². The molecule has 0 bridgehead atoms. The van der Waals surface area contributed by atoms with Crippen molar-refractivity contribution in [2.45, 2.75) is 88.8 Å². The molecule has 3 aromatic carbocycles. The highest BCUT2D eigenvalue weighted by Crippen LogP contribution is 2.60. The maximum atomic E-state index is 14.9. The van der Waals surface area contributed by atoms with Crippen molar-refractivity contribution in [3.8, 4) is 0 Å². The van der Waals surface area contributed by atoms with Crippen LogP contribution in [0.15, 0.2) is 66.7 Å². The minimum absolute atomic E-state index is 0.0645. The third kappa shape index (κ3) is 6.06. The van der Waals surface area contributed by atoms with E-state index in [0.29, 0.717) is 34.9 Å². The first-order chi connectivity index (χ1) is 24.2. The molecule has 2 fully saturated rings. The van der Waals surface area contributed by atoms with Crippen molar-refractivity contribution < 1.29 is 38.6 Å². The number of anilines is 2. The molecule has 13 heteroatoms. The van der Waals surface area contributed by atoms with Crippen molar-refractivity contribution in [3.05, 3.63) is 94.0 Å². The molecule has 0 aliphatic carbocycles. The van der Waals surface area contributed by atoms with E-state index in [1.54, 1.807) is 46.2 Å². The minimum Gasteiger partial charge on any atom is -0.441 e. The molecular weight excluding hydrogens is 690 g/mol. The van der Waals surface area contributed by atoms with Gasteiger partial charge in [0.1, 0.15) is 0 Å². The minimum atomic E-state index is -3.07. The van der Waals surface area contributed by atoms with Gasteiger partial charge in [-0.2, -0.15) is 0 Å². The Morgan fingerprint density at radius 2 is 1.78 bits per heavy atom. The summed E-state index contributed by atoms with van der Waals surface area (Å²) in [7, 11) is -3.07. The molecule has 0 radical (unpaired) electrons. The van der Waals surface area contributed by atoms with Crippen molar-refractivity contribution >= 4 is 55.0 Å². The van der Waals surface area contributed by atoms with Crippen LogP contribution in [0.4, 0.5) is 11.4 Å². The quantitative estimate of drug-likeness (QED) is 0.194. The Morgan fingerprint density at radius 1 is 1.04 bits per heavy atom. The Hall–Kier alpha value is -4.07. The Bertz CT molecular complexity index is 1920. The number of amides is 3. The number of hydrogen-bond donors (Lipinski definition) is 2. The summed E-state index contributed by atoms with van der Waals surface area (Å²) in [5.74, 6) is -1.71. The van der Waals surface area contributed by atoms with Crippen LogP contribution in [0.1, 0.15) is 48.9 Å². The number of fused-ring (bicyclic) bond motifs is 3. The largest absolute Gasteiger partial charge is 0.441 e. The maximum Gasteiger partial charge on any atom is 0.304 e. The van der Waals surface area contributed by atoms with Crippen LogP contribution in [-0.4, -0.2) is 71.8 Å². The average molecular weight is 732 g/mol. The van der Waals surface area contributed by atoms with E-state index < -0.39 is 49.7 Å². The Kier molecular flexibility index (Phi) is 9.12. The number of aliphatic hydroxyl groups is 1. The topological polar surface area (TPSA) is 137 Å². The maximum absolute atomic E-state index is 14.9. The number of benzene rings is 3. The van der Waals surface area contributed by atoms with Crippen molar-refractivity contribution in [3.63, 3.8) is 0 Å². The van der Waals surface area contributed by atoms with E-state index in [4.69, 9.17) is 21.1 Å². The van der Waals surface area contributed by atoms with E-state index in [9.17, 15) is 29.1 Å². The summed E-state index contributed by atoms with van der Waals surface area (Å²) in [6, 6.07) is 19.9. The molecule has 3 amide bonds. The first-order valence-electron chi connectivity index (χ1n) is 17.3. The molecule has 2 N–H and O–H groups in total. The zero-order valence-corrected chi connectivity index (χ0v) is 30.8. The Balaban J connectivity index is 1.20. The lowest BCUT2D eigenvalue weighted by Gasteiger charge is -2.39. The second-order valence-electron chi connectivity index (χ2n) is 14.6. The number of halogens is 1. The lowest BCUT2D eigenvalue weighted by molar-refractivity contribution is -0.154. The summed E-state index contributed by atoms with van der Waals surface area (Å²) in [4.78, 5) is 69.6. The molecular formula is C38H42ClN3O8Si. The molecule has 11 nitrogen and oxygen atoms in total. The van der Waals surface area contributed by atoms with E-state index in [1.165, 1.54) is 11.8 Å². The molecule has 0 aromatic heterocycles. The molecule has 4 aliphatic rings. The van der Waals surface area contributed by atoms with E-state index >= 15 is 0 Å². The standard InChI is InChI=1S/C38H42ClN3O8Si/c1-22-36(51(3,4)48)32(17-33(45)40-20-26-10-6-5-9-25(26)15-29(40)21-43)50-38(22)30-16-27(39)12-13-31(30)41(37(38)47)19-24-8-7-11-28(14-24)42-34(46)18-35(42)49-23(2)44/h5-14,16,22,29,32,35-36,43,48H,15,17-21H2,1-4H3/t22-,29-,32+,35?,36-,38+/m0/s1. The van der Waals surface area contributed by atoms with Gasteiger partial charge in [0.2, 0.25) is 11.8 Å². The van der Waals surface area contributed by atoms with Crippen molar-refractivity contribution in [1.82, 2.24) is 4.90 Å². The fraction of sp³-hybridized carbons (Fsp3) is 0.421. The molecule has 7 rings (SSSR count). The molecule has 51 heavy (non-hydrogen) atoms. The Labute approximate surface area is 302 Å². The van der Waals surface area contributed by atoms with Gasteiger partial charge in [-0.3, -0.25) is 24.1 Å². The van der Waals surface area contributed by atoms with Crippen LogP contribution in [-0.2, 0) is 53.8 Å². The summed E-state index contributed by atoms with van der Waals surface area (Å²) in [5.41, 5.74) is 2.59. The molecule has 4 heterocycles. The summed E-state index contributed by atoms with van der Waals surface area (Å²) in [5, 5.41) is 10.7. The lowest BCUT2D eigenvalue weighted by Crippen LogP contribution is -2.54. The fourth-order valence-electron chi connectivity index (χ4n) is 8.71. The third-order valence-electron chi connectivity index (χ3n) is 10.9. The Morgan fingerprint density at radius 3 is 2.47 bits per heavy atom. The highest BCUT2D eigenvalue weighted by atomic mass is 35.5. The molecule has 6 atom stereocenters. The molecule has 3 aromatic rings. The number of hydrogen-bond acceptors (Lipinski definition) is 8. The van der Waals surface area contributed by atoms with Gasteiger partial charge in [-0.05, 0) is 66.5 Å². The van der Waals surface area contributed by atoms with Gasteiger partial charge in [-0.25, -0.2) is 0 Å².